The number of fused-ring (bicyclic) bond motifs is 1. The summed E-state index contributed by atoms with van der Waals surface area (Å²) in [4.78, 5) is 42.0. The molecule has 142 valence electrons. The average Bonchev–Trinajstić information content (AvgIpc) is 3.04. The smallest absolute Gasteiger partial charge is 0.341 e. The molecule has 0 radical (unpaired) electrons. The molecule has 1 aliphatic rings. The third kappa shape index (κ3) is 4.51. The standard InChI is InChI=1S/C19H21N3O4S/c1-2-26-19(25)15-13-8-3-4-9-14(13)27-18(15)22-17(24)16(23)21-11-12-7-5-6-10-20-12/h5-7,10H,2-4,8-9,11H2,1H3,(H,21,23)(H,22,24). The molecular weight excluding hydrogens is 366 g/mol. The van der Waals surface area contributed by atoms with Crippen LogP contribution in [0.15, 0.2) is 24.4 Å². The van der Waals surface area contributed by atoms with Crippen LogP contribution in [0.25, 0.3) is 0 Å². The number of nitrogens with one attached hydrogen (secondary N) is 2. The number of nitrogens with zero attached hydrogens (tertiary/aromatic N) is 1. The number of amides is 2. The number of hydrogen-bond acceptors (Lipinski definition) is 6. The summed E-state index contributed by atoms with van der Waals surface area (Å²) in [5.41, 5.74) is 1.98. The van der Waals surface area contributed by atoms with Crippen molar-refractivity contribution in [1.82, 2.24) is 10.3 Å². The van der Waals surface area contributed by atoms with E-state index in [-0.39, 0.29) is 13.2 Å². The quantitative estimate of drug-likeness (QED) is 0.607. The highest BCUT2D eigenvalue weighted by Gasteiger charge is 2.28. The first kappa shape index (κ1) is 19.0. The van der Waals surface area contributed by atoms with Crippen molar-refractivity contribution in [2.75, 3.05) is 11.9 Å². The third-order valence-electron chi connectivity index (χ3n) is 4.24. The number of aromatic nitrogens is 1. The summed E-state index contributed by atoms with van der Waals surface area (Å²) in [6.45, 7) is 2.14. The second kappa shape index (κ2) is 8.77. The Labute approximate surface area is 161 Å². The molecule has 0 aromatic carbocycles. The summed E-state index contributed by atoms with van der Waals surface area (Å²) in [6.07, 6.45) is 5.31. The summed E-state index contributed by atoms with van der Waals surface area (Å²) < 4.78 is 5.15. The minimum atomic E-state index is -0.810. The van der Waals surface area contributed by atoms with Crippen molar-refractivity contribution in [3.8, 4) is 0 Å². The minimum Gasteiger partial charge on any atom is -0.462 e. The van der Waals surface area contributed by atoms with Gasteiger partial charge in [-0.3, -0.25) is 14.6 Å². The van der Waals surface area contributed by atoms with E-state index in [1.807, 2.05) is 0 Å². The monoisotopic (exact) mass is 387 g/mol. The predicted octanol–water partition coefficient (Wildman–Crippen LogP) is 2.45. The summed E-state index contributed by atoms with van der Waals surface area (Å²) in [7, 11) is 0. The average molecular weight is 387 g/mol. The molecule has 2 amide bonds. The van der Waals surface area contributed by atoms with Gasteiger partial charge in [0.2, 0.25) is 0 Å². The van der Waals surface area contributed by atoms with E-state index in [0.717, 1.165) is 36.1 Å². The van der Waals surface area contributed by atoms with Crippen LogP contribution in [-0.4, -0.2) is 29.4 Å². The maximum Gasteiger partial charge on any atom is 0.341 e. The second-order valence-electron chi connectivity index (χ2n) is 6.09. The first-order valence-electron chi connectivity index (χ1n) is 8.91. The number of aryl methyl sites for hydroxylation is 1. The van der Waals surface area contributed by atoms with Gasteiger partial charge in [-0.25, -0.2) is 4.79 Å². The van der Waals surface area contributed by atoms with Gasteiger partial charge in [0.1, 0.15) is 5.00 Å². The van der Waals surface area contributed by atoms with E-state index >= 15 is 0 Å². The van der Waals surface area contributed by atoms with Gasteiger partial charge < -0.3 is 15.4 Å². The summed E-state index contributed by atoms with van der Waals surface area (Å²) in [6, 6.07) is 5.33. The third-order valence-corrected chi connectivity index (χ3v) is 5.45. The number of anilines is 1. The van der Waals surface area contributed by atoms with Crippen molar-refractivity contribution in [2.45, 2.75) is 39.2 Å². The number of hydrogen-bond donors (Lipinski definition) is 2. The minimum absolute atomic E-state index is 0.152. The van der Waals surface area contributed by atoms with Gasteiger partial charge in [0.05, 0.1) is 24.4 Å². The van der Waals surface area contributed by atoms with Crippen LogP contribution >= 0.6 is 11.3 Å². The van der Waals surface area contributed by atoms with E-state index in [1.165, 1.54) is 11.3 Å². The lowest BCUT2D eigenvalue weighted by molar-refractivity contribution is -0.136. The SMILES string of the molecule is CCOC(=O)c1c(NC(=O)C(=O)NCc2ccccn2)sc2c1CCCC2. The molecule has 7 nitrogen and oxygen atoms in total. The molecule has 0 aliphatic heterocycles. The van der Waals surface area contributed by atoms with Gasteiger partial charge in [-0.1, -0.05) is 6.07 Å². The normalized spacial score (nSPS) is 12.8. The fraction of sp³-hybridized carbons (Fsp3) is 0.368. The molecule has 2 aromatic rings. The fourth-order valence-electron chi connectivity index (χ4n) is 2.99. The molecule has 0 saturated heterocycles. The number of pyridine rings is 1. The van der Waals surface area contributed by atoms with Gasteiger partial charge in [0.15, 0.2) is 0 Å². The van der Waals surface area contributed by atoms with Crippen LogP contribution in [0.3, 0.4) is 0 Å². The molecule has 2 aromatic heterocycles. The second-order valence-corrected chi connectivity index (χ2v) is 7.20. The number of rotatable bonds is 5. The molecule has 0 fully saturated rings. The van der Waals surface area contributed by atoms with Crippen molar-refractivity contribution >= 4 is 34.1 Å². The first-order valence-corrected chi connectivity index (χ1v) is 9.72. The van der Waals surface area contributed by atoms with Gasteiger partial charge in [-0.15, -0.1) is 11.3 Å². The number of thiophene rings is 1. The van der Waals surface area contributed by atoms with Crippen LogP contribution in [0.2, 0.25) is 0 Å². The van der Waals surface area contributed by atoms with Crippen LogP contribution in [0, 0.1) is 0 Å². The van der Waals surface area contributed by atoms with Gasteiger partial charge in [0, 0.05) is 11.1 Å². The van der Waals surface area contributed by atoms with Gasteiger partial charge >= 0.3 is 17.8 Å². The Balaban J connectivity index is 1.72. The molecule has 0 saturated carbocycles. The van der Waals surface area contributed by atoms with E-state index in [1.54, 1.807) is 31.3 Å². The lowest BCUT2D eigenvalue weighted by Crippen LogP contribution is -2.35. The molecule has 3 rings (SSSR count). The topological polar surface area (TPSA) is 97.4 Å². The molecule has 8 heteroatoms. The van der Waals surface area contributed by atoms with Crippen LogP contribution in [-0.2, 0) is 33.7 Å². The Morgan fingerprint density at radius 1 is 1.19 bits per heavy atom. The Hall–Kier alpha value is -2.74. The highest BCUT2D eigenvalue weighted by molar-refractivity contribution is 7.17. The fourth-order valence-corrected chi connectivity index (χ4v) is 4.26. The zero-order chi connectivity index (χ0) is 19.2. The van der Waals surface area contributed by atoms with E-state index in [9.17, 15) is 14.4 Å². The molecule has 1 aliphatic carbocycles. The van der Waals surface area contributed by atoms with Crippen LogP contribution < -0.4 is 10.6 Å². The summed E-state index contributed by atoms with van der Waals surface area (Å²) in [5, 5.41) is 5.51. The van der Waals surface area contributed by atoms with Crippen LogP contribution in [0.4, 0.5) is 5.00 Å². The number of ether oxygens (including phenoxy) is 1. The van der Waals surface area contributed by atoms with Crippen molar-refractivity contribution < 1.29 is 19.1 Å². The van der Waals surface area contributed by atoms with Crippen LogP contribution in [0.1, 0.15) is 46.3 Å². The Bertz CT molecular complexity index is 848. The molecule has 0 bridgehead atoms. The first-order chi connectivity index (χ1) is 13.1. The van der Waals surface area contributed by atoms with Crippen molar-refractivity contribution in [3.05, 3.63) is 46.1 Å². The van der Waals surface area contributed by atoms with E-state index in [0.29, 0.717) is 16.3 Å². The Morgan fingerprint density at radius 2 is 2.00 bits per heavy atom. The number of carbonyl (C=O) groups is 3. The molecule has 2 heterocycles. The maximum atomic E-state index is 12.4. The molecule has 0 atom stereocenters. The van der Waals surface area contributed by atoms with Gasteiger partial charge in [0.25, 0.3) is 0 Å². The van der Waals surface area contributed by atoms with Crippen molar-refractivity contribution in [1.29, 1.82) is 0 Å². The van der Waals surface area contributed by atoms with Gasteiger partial charge in [-0.05, 0) is 50.3 Å². The Morgan fingerprint density at radius 3 is 2.74 bits per heavy atom. The molecule has 0 spiro atoms. The molecular formula is C19H21N3O4S. The van der Waals surface area contributed by atoms with Crippen molar-refractivity contribution in [3.63, 3.8) is 0 Å². The Kier molecular flexibility index (Phi) is 6.18. The zero-order valence-electron chi connectivity index (χ0n) is 15.0. The predicted molar refractivity (Wildman–Crippen MR) is 102 cm³/mol. The largest absolute Gasteiger partial charge is 0.462 e. The van der Waals surface area contributed by atoms with Crippen molar-refractivity contribution in [2.24, 2.45) is 0 Å². The molecule has 0 unspecified atom stereocenters. The molecule has 27 heavy (non-hydrogen) atoms. The zero-order valence-corrected chi connectivity index (χ0v) is 15.9. The number of esters is 1. The van der Waals surface area contributed by atoms with E-state index in [4.69, 9.17) is 4.74 Å². The van der Waals surface area contributed by atoms with Gasteiger partial charge in [-0.2, -0.15) is 0 Å². The summed E-state index contributed by atoms with van der Waals surface area (Å²) >= 11 is 1.35. The maximum absolute atomic E-state index is 12.4. The highest BCUT2D eigenvalue weighted by atomic mass is 32.1. The number of carbonyl (C=O) groups excluding carboxylic acids is 3. The summed E-state index contributed by atoms with van der Waals surface area (Å²) in [5.74, 6) is -2.04. The molecule has 2 N–H and O–H groups in total. The van der Waals surface area contributed by atoms with E-state index < -0.39 is 17.8 Å². The lowest BCUT2D eigenvalue weighted by Gasteiger charge is -2.12. The van der Waals surface area contributed by atoms with Crippen LogP contribution in [0.5, 0.6) is 0 Å². The van der Waals surface area contributed by atoms with E-state index in [2.05, 4.69) is 15.6 Å². The highest BCUT2D eigenvalue weighted by Crippen LogP contribution is 2.38. The lowest BCUT2D eigenvalue weighted by atomic mass is 9.95.